The van der Waals surface area contributed by atoms with Gasteiger partial charge < -0.3 is 9.47 Å². The predicted molar refractivity (Wildman–Crippen MR) is 93.5 cm³/mol. The van der Waals surface area contributed by atoms with Gasteiger partial charge in [-0.1, -0.05) is 0 Å². The molecule has 1 amide bonds. The van der Waals surface area contributed by atoms with Gasteiger partial charge in [-0.05, 0) is 25.5 Å². The van der Waals surface area contributed by atoms with Crippen LogP contribution in [0, 0.1) is 13.8 Å². The summed E-state index contributed by atoms with van der Waals surface area (Å²) in [6, 6.07) is 1.89. The molecule has 3 heterocycles. The number of amides is 1. The van der Waals surface area contributed by atoms with E-state index < -0.39 is 0 Å². The lowest BCUT2D eigenvalue weighted by atomic mass is 10.1. The van der Waals surface area contributed by atoms with Crippen LogP contribution >= 0.6 is 0 Å². The second-order valence-electron chi connectivity index (χ2n) is 6.50. The van der Waals surface area contributed by atoms with Gasteiger partial charge in [0.1, 0.15) is 18.2 Å². The van der Waals surface area contributed by atoms with Crippen LogP contribution in [0.25, 0.3) is 0 Å². The number of carbonyl (C=O) groups excluding carboxylic acids is 1. The van der Waals surface area contributed by atoms with E-state index in [1.54, 1.807) is 23.0 Å². The second kappa shape index (κ2) is 7.18. The monoisotopic (exact) mass is 344 g/mol. The molecule has 1 fully saturated rings. The molecule has 3 rings (SSSR count). The lowest BCUT2D eigenvalue weighted by Crippen LogP contribution is -2.50. The molecule has 1 aliphatic heterocycles. The van der Waals surface area contributed by atoms with Crippen molar-refractivity contribution < 1.29 is 4.79 Å². The molecule has 0 saturated carbocycles. The molecule has 8 nitrogen and oxygen atoms in total. The zero-order valence-electron chi connectivity index (χ0n) is 15.0. The fourth-order valence-corrected chi connectivity index (χ4v) is 3.16. The Hall–Kier alpha value is -2.48. The van der Waals surface area contributed by atoms with Crippen molar-refractivity contribution in [3.8, 4) is 0 Å². The maximum Gasteiger partial charge on any atom is 0.263 e. The van der Waals surface area contributed by atoms with Crippen LogP contribution in [0.1, 0.15) is 21.6 Å². The molecule has 0 aromatic carbocycles. The number of aromatic nitrogens is 4. The Morgan fingerprint density at radius 3 is 2.52 bits per heavy atom. The number of pyridine rings is 1. The minimum absolute atomic E-state index is 0.158. The molecular formula is C17H24N6O2. The molecule has 2 aromatic heterocycles. The molecule has 25 heavy (non-hydrogen) atoms. The number of hydrogen-bond acceptors (Lipinski definition) is 5. The zero-order chi connectivity index (χ0) is 18.0. The van der Waals surface area contributed by atoms with Crippen LogP contribution < -0.4 is 5.56 Å². The molecule has 0 N–H and O–H groups in total. The standard InChI is InChI=1S/C17H24N6O2/c1-13-10-14(2)20(3)16(24)15(13)17(25)22-7-4-21(5-8-22)6-9-23-12-18-11-19-23/h10-12H,4-9H2,1-3H3. The summed E-state index contributed by atoms with van der Waals surface area (Å²) in [5, 5.41) is 4.10. The molecule has 0 bridgehead atoms. The Bertz CT molecular complexity index is 803. The van der Waals surface area contributed by atoms with E-state index in [1.165, 1.54) is 10.9 Å². The minimum atomic E-state index is -0.212. The maximum atomic E-state index is 12.8. The van der Waals surface area contributed by atoms with Crippen LogP contribution in [0.5, 0.6) is 0 Å². The van der Waals surface area contributed by atoms with Crippen molar-refractivity contribution in [2.24, 2.45) is 7.05 Å². The third-order valence-electron chi connectivity index (χ3n) is 4.85. The second-order valence-corrected chi connectivity index (χ2v) is 6.50. The van der Waals surface area contributed by atoms with Crippen molar-refractivity contribution in [1.29, 1.82) is 0 Å². The smallest absolute Gasteiger partial charge is 0.263 e. The third-order valence-corrected chi connectivity index (χ3v) is 4.85. The highest BCUT2D eigenvalue weighted by Crippen LogP contribution is 2.11. The first kappa shape index (κ1) is 17.3. The summed E-state index contributed by atoms with van der Waals surface area (Å²) in [7, 11) is 1.70. The van der Waals surface area contributed by atoms with Gasteiger partial charge in [-0.15, -0.1) is 0 Å². The van der Waals surface area contributed by atoms with E-state index in [9.17, 15) is 9.59 Å². The zero-order valence-corrected chi connectivity index (χ0v) is 15.0. The Morgan fingerprint density at radius 2 is 1.88 bits per heavy atom. The van der Waals surface area contributed by atoms with E-state index in [-0.39, 0.29) is 11.5 Å². The molecule has 0 spiro atoms. The highest BCUT2D eigenvalue weighted by atomic mass is 16.2. The number of nitrogens with zero attached hydrogens (tertiary/aromatic N) is 6. The molecule has 0 atom stereocenters. The third kappa shape index (κ3) is 3.63. The van der Waals surface area contributed by atoms with Crippen molar-refractivity contribution in [2.45, 2.75) is 20.4 Å². The Labute approximate surface area is 146 Å². The van der Waals surface area contributed by atoms with Crippen LogP contribution in [0.15, 0.2) is 23.5 Å². The molecule has 8 heteroatoms. The summed E-state index contributed by atoms with van der Waals surface area (Å²) in [6.45, 7) is 8.21. The van der Waals surface area contributed by atoms with Crippen LogP contribution in [0.4, 0.5) is 0 Å². The van der Waals surface area contributed by atoms with E-state index in [0.29, 0.717) is 18.7 Å². The highest BCUT2D eigenvalue weighted by molar-refractivity contribution is 5.95. The van der Waals surface area contributed by atoms with Gasteiger partial charge >= 0.3 is 0 Å². The van der Waals surface area contributed by atoms with Crippen molar-refractivity contribution in [3.05, 3.63) is 45.9 Å². The molecular weight excluding hydrogens is 320 g/mol. The van der Waals surface area contributed by atoms with Crippen LogP contribution in [-0.4, -0.2) is 67.8 Å². The molecule has 2 aromatic rings. The summed E-state index contributed by atoms with van der Waals surface area (Å²) < 4.78 is 3.34. The normalized spacial score (nSPS) is 15.6. The van der Waals surface area contributed by atoms with Crippen LogP contribution in [0.2, 0.25) is 0 Å². The highest BCUT2D eigenvalue weighted by Gasteiger charge is 2.25. The quantitative estimate of drug-likeness (QED) is 0.783. The molecule has 1 saturated heterocycles. The van der Waals surface area contributed by atoms with Gasteiger partial charge in [0.05, 0.1) is 6.54 Å². The van der Waals surface area contributed by atoms with Gasteiger partial charge in [0.2, 0.25) is 0 Å². The first-order chi connectivity index (χ1) is 12.0. The van der Waals surface area contributed by atoms with Gasteiger partial charge in [0, 0.05) is 45.5 Å². The maximum absolute atomic E-state index is 12.8. The molecule has 1 aliphatic rings. The van der Waals surface area contributed by atoms with Crippen molar-refractivity contribution >= 4 is 5.91 Å². The Kier molecular flexibility index (Phi) is 4.98. The van der Waals surface area contributed by atoms with Crippen LogP contribution in [-0.2, 0) is 13.6 Å². The van der Waals surface area contributed by atoms with Gasteiger partial charge in [-0.3, -0.25) is 19.2 Å². The minimum Gasteiger partial charge on any atom is -0.336 e. The average Bonchev–Trinajstić information content (AvgIpc) is 3.12. The lowest BCUT2D eigenvalue weighted by Gasteiger charge is -2.34. The first-order valence-electron chi connectivity index (χ1n) is 8.48. The fraction of sp³-hybridized carbons (Fsp3) is 0.529. The topological polar surface area (TPSA) is 76.3 Å². The van der Waals surface area contributed by atoms with E-state index in [4.69, 9.17) is 0 Å². The fourth-order valence-electron chi connectivity index (χ4n) is 3.16. The number of aryl methyl sites for hydroxylation is 2. The number of rotatable bonds is 4. The van der Waals surface area contributed by atoms with Crippen LogP contribution in [0.3, 0.4) is 0 Å². The summed E-state index contributed by atoms with van der Waals surface area (Å²) in [6.07, 6.45) is 3.23. The van der Waals surface area contributed by atoms with Gasteiger partial charge in [-0.25, -0.2) is 4.98 Å². The summed E-state index contributed by atoms with van der Waals surface area (Å²) in [4.78, 5) is 33.3. The van der Waals surface area contributed by atoms with E-state index in [2.05, 4.69) is 15.0 Å². The number of piperazine rings is 1. The number of carbonyl (C=O) groups is 1. The number of hydrogen-bond donors (Lipinski definition) is 0. The molecule has 134 valence electrons. The van der Waals surface area contributed by atoms with Gasteiger partial charge in [-0.2, -0.15) is 5.10 Å². The largest absolute Gasteiger partial charge is 0.336 e. The Balaban J connectivity index is 1.62. The summed E-state index contributed by atoms with van der Waals surface area (Å²) in [5.41, 5.74) is 1.69. The lowest BCUT2D eigenvalue weighted by molar-refractivity contribution is 0.0629. The van der Waals surface area contributed by atoms with E-state index in [0.717, 1.165) is 37.4 Å². The van der Waals surface area contributed by atoms with Crippen molar-refractivity contribution in [3.63, 3.8) is 0 Å². The van der Waals surface area contributed by atoms with Crippen molar-refractivity contribution in [1.82, 2.24) is 29.1 Å². The van der Waals surface area contributed by atoms with Gasteiger partial charge in [0.15, 0.2) is 0 Å². The van der Waals surface area contributed by atoms with Crippen molar-refractivity contribution in [2.75, 3.05) is 32.7 Å². The van der Waals surface area contributed by atoms with Gasteiger partial charge in [0.25, 0.3) is 11.5 Å². The first-order valence-corrected chi connectivity index (χ1v) is 8.48. The molecule has 0 aliphatic carbocycles. The Morgan fingerprint density at radius 1 is 1.16 bits per heavy atom. The predicted octanol–water partition coefficient (Wildman–Crippen LogP) is 0.0516. The molecule has 0 radical (unpaired) electrons. The average molecular weight is 344 g/mol. The molecule has 0 unspecified atom stereocenters. The SMILES string of the molecule is Cc1cc(C)n(C)c(=O)c1C(=O)N1CCN(CCn2cncn2)CC1. The van der Waals surface area contributed by atoms with E-state index in [1.807, 2.05) is 19.9 Å². The summed E-state index contributed by atoms with van der Waals surface area (Å²) >= 11 is 0. The summed E-state index contributed by atoms with van der Waals surface area (Å²) in [5.74, 6) is -0.158. The van der Waals surface area contributed by atoms with E-state index >= 15 is 0 Å².